The second-order valence-corrected chi connectivity index (χ2v) is 6.21. The summed E-state index contributed by atoms with van der Waals surface area (Å²) in [6.07, 6.45) is 3.77. The first kappa shape index (κ1) is 16.3. The third-order valence-electron chi connectivity index (χ3n) is 3.62. The molecule has 0 radical (unpaired) electrons. The number of nitrogens with zero attached hydrogens (tertiary/aromatic N) is 3. The van der Waals surface area contributed by atoms with Gasteiger partial charge in [0.1, 0.15) is 0 Å². The highest BCUT2D eigenvalue weighted by molar-refractivity contribution is 7.07. The fourth-order valence-electron chi connectivity index (χ4n) is 2.40. The van der Waals surface area contributed by atoms with E-state index in [1.165, 1.54) is 16.7 Å². The zero-order valence-corrected chi connectivity index (χ0v) is 14.5. The molecule has 0 spiro atoms. The first-order chi connectivity index (χ1) is 11.8. The Morgan fingerprint density at radius 1 is 1.12 bits per heavy atom. The van der Waals surface area contributed by atoms with E-state index >= 15 is 0 Å². The van der Waals surface area contributed by atoms with Crippen molar-refractivity contribution in [2.45, 2.75) is 19.6 Å². The topological polar surface area (TPSA) is 54.2 Å². The van der Waals surface area contributed by atoms with Gasteiger partial charge in [0.05, 0.1) is 6.54 Å². The molecule has 124 valence electrons. The molecule has 3 rings (SSSR count). The van der Waals surface area contributed by atoms with Crippen LogP contribution in [0, 0.1) is 0 Å². The minimum absolute atomic E-state index is 0.732. The van der Waals surface area contributed by atoms with Gasteiger partial charge in [-0.2, -0.15) is 16.4 Å². The van der Waals surface area contributed by atoms with Gasteiger partial charge in [0.2, 0.25) is 0 Å². The summed E-state index contributed by atoms with van der Waals surface area (Å²) in [5, 5.41) is 15.1. The van der Waals surface area contributed by atoms with Crippen LogP contribution in [-0.2, 0) is 19.6 Å². The van der Waals surface area contributed by atoms with Gasteiger partial charge in [-0.15, -0.1) is 0 Å². The molecule has 0 fully saturated rings. The molecule has 0 atom stereocenters. The lowest BCUT2D eigenvalue weighted by Crippen LogP contribution is -2.36. The highest BCUT2D eigenvalue weighted by Crippen LogP contribution is 2.07. The summed E-state index contributed by atoms with van der Waals surface area (Å²) in [7, 11) is 1.79. The fraction of sp³-hybridized carbons (Fsp3) is 0.222. The van der Waals surface area contributed by atoms with E-state index in [4.69, 9.17) is 0 Å². The normalized spacial score (nSPS) is 11.5. The molecule has 24 heavy (non-hydrogen) atoms. The van der Waals surface area contributed by atoms with E-state index in [0.29, 0.717) is 0 Å². The Bertz CT molecular complexity index is 763. The van der Waals surface area contributed by atoms with Crippen LogP contribution in [-0.4, -0.2) is 22.8 Å². The fourth-order valence-corrected chi connectivity index (χ4v) is 3.07. The van der Waals surface area contributed by atoms with E-state index < -0.39 is 0 Å². The van der Waals surface area contributed by atoms with Crippen LogP contribution in [0.4, 0.5) is 0 Å². The number of benzene rings is 1. The number of aromatic nitrogens is 2. The highest BCUT2D eigenvalue weighted by Gasteiger charge is 2.01. The lowest BCUT2D eigenvalue weighted by molar-refractivity contribution is 0.685. The summed E-state index contributed by atoms with van der Waals surface area (Å²) < 4.78 is 1.92. The maximum absolute atomic E-state index is 4.27. The molecule has 5 nitrogen and oxygen atoms in total. The number of hydrogen-bond acceptors (Lipinski definition) is 3. The predicted octanol–water partition coefficient (Wildman–Crippen LogP) is 2.86. The van der Waals surface area contributed by atoms with Crippen molar-refractivity contribution < 1.29 is 0 Å². The number of aliphatic imine (C=N–C) groups is 1. The summed E-state index contributed by atoms with van der Waals surface area (Å²) in [5.74, 6) is 0.804. The largest absolute Gasteiger partial charge is 0.352 e. The third-order valence-corrected chi connectivity index (χ3v) is 4.35. The molecule has 0 aliphatic heterocycles. The van der Waals surface area contributed by atoms with Crippen LogP contribution in [0.2, 0.25) is 0 Å². The lowest BCUT2D eigenvalue weighted by Gasteiger charge is -2.12. The first-order valence-corrected chi connectivity index (χ1v) is 8.78. The highest BCUT2D eigenvalue weighted by atomic mass is 32.1. The molecule has 3 aromatic rings. The van der Waals surface area contributed by atoms with E-state index in [9.17, 15) is 0 Å². The Labute approximate surface area is 146 Å². The molecule has 1 aromatic carbocycles. The van der Waals surface area contributed by atoms with E-state index in [0.717, 1.165) is 25.6 Å². The minimum Gasteiger partial charge on any atom is -0.352 e. The molecule has 0 amide bonds. The van der Waals surface area contributed by atoms with Gasteiger partial charge >= 0.3 is 0 Å². The average Bonchev–Trinajstić information content (AvgIpc) is 3.29. The third kappa shape index (κ3) is 4.70. The van der Waals surface area contributed by atoms with Gasteiger partial charge in [-0.1, -0.05) is 24.3 Å². The molecular weight excluding hydrogens is 318 g/mol. The number of hydrogen-bond donors (Lipinski definition) is 2. The summed E-state index contributed by atoms with van der Waals surface area (Å²) >= 11 is 1.70. The number of nitrogens with one attached hydrogen (secondary N) is 2. The van der Waals surface area contributed by atoms with Crippen molar-refractivity contribution in [3.8, 4) is 0 Å². The van der Waals surface area contributed by atoms with Crippen LogP contribution in [0.15, 0.2) is 64.5 Å². The molecule has 2 N–H and O–H groups in total. The molecule has 2 aromatic heterocycles. The van der Waals surface area contributed by atoms with E-state index in [2.05, 4.69) is 61.8 Å². The van der Waals surface area contributed by atoms with Crippen molar-refractivity contribution in [1.29, 1.82) is 0 Å². The van der Waals surface area contributed by atoms with Crippen LogP contribution in [0.1, 0.15) is 16.7 Å². The van der Waals surface area contributed by atoms with E-state index in [1.807, 2.05) is 16.9 Å². The summed E-state index contributed by atoms with van der Waals surface area (Å²) in [4.78, 5) is 4.27. The minimum atomic E-state index is 0.732. The molecule has 0 saturated carbocycles. The second-order valence-electron chi connectivity index (χ2n) is 5.43. The Morgan fingerprint density at radius 3 is 2.67 bits per heavy atom. The van der Waals surface area contributed by atoms with E-state index in [1.54, 1.807) is 24.6 Å². The maximum Gasteiger partial charge on any atom is 0.191 e. The van der Waals surface area contributed by atoms with Gasteiger partial charge in [0, 0.05) is 32.5 Å². The number of thiophene rings is 1. The van der Waals surface area contributed by atoms with Crippen molar-refractivity contribution >= 4 is 17.3 Å². The lowest BCUT2D eigenvalue weighted by atomic mass is 10.1. The van der Waals surface area contributed by atoms with Crippen molar-refractivity contribution in [3.63, 3.8) is 0 Å². The SMILES string of the molecule is CN=C(NCc1ccsc1)NCc1cccc(Cn2cccn2)c1. The van der Waals surface area contributed by atoms with Crippen molar-refractivity contribution in [1.82, 2.24) is 20.4 Å². The quantitative estimate of drug-likeness (QED) is 0.536. The molecule has 0 bridgehead atoms. The maximum atomic E-state index is 4.27. The van der Waals surface area contributed by atoms with Crippen molar-refractivity contribution in [2.24, 2.45) is 4.99 Å². The Morgan fingerprint density at radius 2 is 1.96 bits per heavy atom. The Kier molecular flexibility index (Phi) is 5.63. The Balaban J connectivity index is 1.53. The number of rotatable bonds is 6. The van der Waals surface area contributed by atoms with Gasteiger partial charge in [-0.05, 0) is 39.6 Å². The molecular formula is C18H21N5S. The van der Waals surface area contributed by atoms with Crippen LogP contribution >= 0.6 is 11.3 Å². The average molecular weight is 339 g/mol. The van der Waals surface area contributed by atoms with Gasteiger partial charge in [-0.25, -0.2) is 0 Å². The summed E-state index contributed by atoms with van der Waals surface area (Å²) in [6, 6.07) is 12.6. The molecule has 6 heteroatoms. The van der Waals surface area contributed by atoms with Crippen molar-refractivity contribution in [2.75, 3.05) is 7.05 Å². The molecule has 0 aliphatic carbocycles. The van der Waals surface area contributed by atoms with Gasteiger partial charge in [0.25, 0.3) is 0 Å². The van der Waals surface area contributed by atoms with Crippen LogP contribution in [0.25, 0.3) is 0 Å². The monoisotopic (exact) mass is 339 g/mol. The molecule has 2 heterocycles. The Hall–Kier alpha value is -2.60. The van der Waals surface area contributed by atoms with E-state index in [-0.39, 0.29) is 0 Å². The summed E-state index contributed by atoms with van der Waals surface area (Å²) in [5.41, 5.74) is 3.72. The summed E-state index contributed by atoms with van der Waals surface area (Å²) in [6.45, 7) is 2.30. The van der Waals surface area contributed by atoms with Gasteiger partial charge < -0.3 is 10.6 Å². The smallest absolute Gasteiger partial charge is 0.191 e. The first-order valence-electron chi connectivity index (χ1n) is 7.84. The van der Waals surface area contributed by atoms with Gasteiger partial charge in [-0.3, -0.25) is 9.67 Å². The molecule has 0 aliphatic rings. The zero-order valence-electron chi connectivity index (χ0n) is 13.6. The standard InChI is InChI=1S/C18H21N5S/c1-19-18(21-12-17-6-9-24-14-17)20-11-15-4-2-5-16(10-15)13-23-8-3-7-22-23/h2-10,14H,11-13H2,1H3,(H2,19,20,21). The van der Waals surface area contributed by atoms with Crippen LogP contribution in [0.3, 0.4) is 0 Å². The van der Waals surface area contributed by atoms with Crippen molar-refractivity contribution in [3.05, 3.63) is 76.2 Å². The zero-order chi connectivity index (χ0) is 16.6. The van der Waals surface area contributed by atoms with Crippen LogP contribution < -0.4 is 10.6 Å². The van der Waals surface area contributed by atoms with Crippen LogP contribution in [0.5, 0.6) is 0 Å². The van der Waals surface area contributed by atoms with Gasteiger partial charge in [0.15, 0.2) is 5.96 Å². The molecule has 0 saturated heterocycles. The predicted molar refractivity (Wildman–Crippen MR) is 99.1 cm³/mol. The number of guanidine groups is 1. The molecule has 0 unspecified atom stereocenters. The second kappa shape index (κ2) is 8.31.